The van der Waals surface area contributed by atoms with E-state index in [1.165, 1.54) is 89.9 Å². The number of carbonyl (C=O) groups excluding carboxylic acids is 3. The number of esters is 3. The predicted octanol–water partition coefficient (Wildman–Crippen LogP) is 18.3. The van der Waals surface area contributed by atoms with Crippen LogP contribution in [0.15, 0.2) is 109 Å². The lowest BCUT2D eigenvalue weighted by molar-refractivity contribution is -0.166. The van der Waals surface area contributed by atoms with Gasteiger partial charge in [0.2, 0.25) is 0 Å². The van der Waals surface area contributed by atoms with E-state index in [2.05, 4.69) is 124 Å². The van der Waals surface area contributed by atoms with Crippen molar-refractivity contribution in [2.75, 3.05) is 13.2 Å². The molecule has 0 N–H and O–H groups in total. The second-order valence-corrected chi connectivity index (χ2v) is 17.7. The average Bonchev–Trinajstić information content (AvgIpc) is 3.33. The maximum absolute atomic E-state index is 12.8. The Balaban J connectivity index is 4.54. The van der Waals surface area contributed by atoms with Crippen molar-refractivity contribution in [3.8, 4) is 0 Å². The smallest absolute Gasteiger partial charge is 0.306 e. The minimum absolute atomic E-state index is 0.111. The summed E-state index contributed by atoms with van der Waals surface area (Å²) in [5.74, 6) is -1.02. The van der Waals surface area contributed by atoms with Crippen LogP contribution >= 0.6 is 0 Å². The van der Waals surface area contributed by atoms with E-state index in [0.717, 1.165) is 103 Å². The quantitative estimate of drug-likeness (QED) is 0.0262. The molecule has 0 spiro atoms. The molecule has 0 amide bonds. The SMILES string of the molecule is CC/C=C\C/C=C\C/C=C\C/C=C\C/C=C\C/C=C\CCC(=O)OC[C@H](COC(=O)CCCCCCCCC/C=C\CCCCCC)OC(=O)CCCCCCC/C=C\C/C=C\CCCCC. The van der Waals surface area contributed by atoms with Crippen molar-refractivity contribution in [2.45, 2.75) is 245 Å². The summed E-state index contributed by atoms with van der Waals surface area (Å²) in [6.45, 7) is 6.40. The number of hydrogen-bond acceptors (Lipinski definition) is 6. The fourth-order valence-corrected chi connectivity index (χ4v) is 7.14. The zero-order chi connectivity index (χ0) is 48.6. The molecule has 0 saturated heterocycles. The topological polar surface area (TPSA) is 78.9 Å². The Kier molecular flexibility index (Phi) is 51.5. The number of ether oxygens (including phenoxy) is 3. The Hall–Kier alpha value is -3.93. The molecule has 0 aliphatic rings. The van der Waals surface area contributed by atoms with Crippen LogP contribution in [-0.4, -0.2) is 37.2 Å². The highest BCUT2D eigenvalue weighted by Crippen LogP contribution is 2.13. The van der Waals surface area contributed by atoms with Crippen molar-refractivity contribution < 1.29 is 28.6 Å². The van der Waals surface area contributed by atoms with Gasteiger partial charge in [-0.1, -0.05) is 214 Å². The molecule has 0 aromatic carbocycles. The van der Waals surface area contributed by atoms with Crippen LogP contribution in [-0.2, 0) is 28.6 Å². The van der Waals surface area contributed by atoms with Crippen molar-refractivity contribution in [3.63, 3.8) is 0 Å². The number of rotatable bonds is 48. The third kappa shape index (κ3) is 52.9. The summed E-state index contributed by atoms with van der Waals surface area (Å²) < 4.78 is 16.7. The van der Waals surface area contributed by atoms with Gasteiger partial charge in [0.05, 0.1) is 0 Å². The Morgan fingerprint density at radius 3 is 1.04 bits per heavy atom. The second-order valence-electron chi connectivity index (χ2n) is 17.7. The third-order valence-electron chi connectivity index (χ3n) is 11.2. The third-order valence-corrected chi connectivity index (χ3v) is 11.2. The first kappa shape index (κ1) is 63.1. The number of carbonyl (C=O) groups is 3. The van der Waals surface area contributed by atoms with Gasteiger partial charge >= 0.3 is 17.9 Å². The Labute approximate surface area is 412 Å². The molecule has 1 atom stereocenters. The van der Waals surface area contributed by atoms with Gasteiger partial charge in [0.25, 0.3) is 0 Å². The molecule has 0 saturated carbocycles. The molecule has 0 radical (unpaired) electrons. The highest BCUT2D eigenvalue weighted by atomic mass is 16.6. The first-order valence-corrected chi connectivity index (χ1v) is 27.4. The minimum Gasteiger partial charge on any atom is -0.462 e. The van der Waals surface area contributed by atoms with Crippen LogP contribution in [0.2, 0.25) is 0 Å². The van der Waals surface area contributed by atoms with Gasteiger partial charge in [0.15, 0.2) is 6.10 Å². The van der Waals surface area contributed by atoms with Gasteiger partial charge in [-0.05, 0) is 116 Å². The molecular formula is C61H100O6. The van der Waals surface area contributed by atoms with Crippen LogP contribution < -0.4 is 0 Å². The summed E-state index contributed by atoms with van der Waals surface area (Å²) in [6, 6.07) is 0. The molecule has 0 rings (SSSR count). The van der Waals surface area contributed by atoms with Gasteiger partial charge in [0, 0.05) is 19.3 Å². The molecule has 0 aromatic heterocycles. The van der Waals surface area contributed by atoms with E-state index in [4.69, 9.17) is 14.2 Å². The maximum Gasteiger partial charge on any atom is 0.306 e. The van der Waals surface area contributed by atoms with E-state index in [1.54, 1.807) is 0 Å². The summed E-state index contributed by atoms with van der Waals surface area (Å²) in [5, 5.41) is 0. The molecular weight excluding hydrogens is 829 g/mol. The van der Waals surface area contributed by atoms with Crippen molar-refractivity contribution >= 4 is 17.9 Å². The van der Waals surface area contributed by atoms with E-state index in [-0.39, 0.29) is 37.5 Å². The molecule has 6 heteroatoms. The Bertz CT molecular complexity index is 1390. The highest BCUT2D eigenvalue weighted by molar-refractivity contribution is 5.71. The van der Waals surface area contributed by atoms with Crippen molar-refractivity contribution in [2.24, 2.45) is 0 Å². The molecule has 380 valence electrons. The number of unbranched alkanes of at least 4 members (excludes halogenated alkanes) is 19. The summed E-state index contributed by atoms with van der Waals surface area (Å²) in [5.41, 5.74) is 0. The largest absolute Gasteiger partial charge is 0.462 e. The number of hydrogen-bond donors (Lipinski definition) is 0. The van der Waals surface area contributed by atoms with Crippen LogP contribution in [0, 0.1) is 0 Å². The van der Waals surface area contributed by atoms with E-state index in [1.807, 2.05) is 6.08 Å². The predicted molar refractivity (Wildman–Crippen MR) is 288 cm³/mol. The molecule has 0 bridgehead atoms. The summed E-state index contributed by atoms with van der Waals surface area (Å²) >= 11 is 0. The van der Waals surface area contributed by atoms with Gasteiger partial charge < -0.3 is 14.2 Å². The van der Waals surface area contributed by atoms with Crippen LogP contribution in [0.4, 0.5) is 0 Å². The Morgan fingerprint density at radius 2 is 0.612 bits per heavy atom. The normalized spacial score (nSPS) is 12.9. The first-order chi connectivity index (χ1) is 33.0. The molecule has 0 aliphatic carbocycles. The molecule has 67 heavy (non-hydrogen) atoms. The second kappa shape index (κ2) is 54.7. The van der Waals surface area contributed by atoms with Gasteiger partial charge in [-0.25, -0.2) is 0 Å². The standard InChI is InChI=1S/C61H100O6/c1-4-7-10-13-16-19-22-25-28-29-30-31-34-36-39-42-45-48-51-54-60(63)66-57-58(67-61(64)55-52-49-46-43-40-37-33-27-24-21-18-15-12-9-6-3)56-65-59(62)53-50-47-44-41-38-35-32-26-23-20-17-14-11-8-5-2/h7,10,16,18-21,23,25,27-28,30-31,33,36,39,45,48,58H,4-6,8-9,11-15,17,22,24,26,29,32,34-35,37-38,40-44,46-47,49-57H2,1-3H3/b10-7-,19-16-,21-18-,23-20-,28-25-,31-30-,33-27-,39-36-,48-45-/t58-/m0/s1. The van der Waals surface area contributed by atoms with Gasteiger partial charge in [-0.3, -0.25) is 14.4 Å². The fraction of sp³-hybridized carbons (Fsp3) is 0.656. The van der Waals surface area contributed by atoms with Crippen LogP contribution in [0.3, 0.4) is 0 Å². The lowest BCUT2D eigenvalue weighted by Crippen LogP contribution is -2.30. The van der Waals surface area contributed by atoms with Crippen molar-refractivity contribution in [1.82, 2.24) is 0 Å². The minimum atomic E-state index is -0.819. The van der Waals surface area contributed by atoms with E-state index >= 15 is 0 Å². The van der Waals surface area contributed by atoms with Crippen LogP contribution in [0.5, 0.6) is 0 Å². The highest BCUT2D eigenvalue weighted by Gasteiger charge is 2.19. The molecule has 0 unspecified atom stereocenters. The van der Waals surface area contributed by atoms with Crippen LogP contribution in [0.25, 0.3) is 0 Å². The zero-order valence-electron chi connectivity index (χ0n) is 43.4. The number of allylic oxidation sites excluding steroid dienone is 18. The molecule has 0 fully saturated rings. The van der Waals surface area contributed by atoms with E-state index < -0.39 is 6.10 Å². The monoisotopic (exact) mass is 929 g/mol. The zero-order valence-corrected chi connectivity index (χ0v) is 43.4. The molecule has 0 aromatic rings. The molecule has 0 aliphatic heterocycles. The van der Waals surface area contributed by atoms with Crippen LogP contribution in [0.1, 0.15) is 239 Å². The van der Waals surface area contributed by atoms with Crippen molar-refractivity contribution in [3.05, 3.63) is 109 Å². The summed E-state index contributed by atoms with van der Waals surface area (Å²) in [4.78, 5) is 38.1. The maximum atomic E-state index is 12.8. The van der Waals surface area contributed by atoms with Gasteiger partial charge in [0.1, 0.15) is 13.2 Å². The summed E-state index contributed by atoms with van der Waals surface area (Å²) in [7, 11) is 0. The van der Waals surface area contributed by atoms with E-state index in [9.17, 15) is 14.4 Å². The summed E-state index contributed by atoms with van der Waals surface area (Å²) in [6.07, 6.45) is 73.7. The lowest BCUT2D eigenvalue weighted by atomic mass is 10.1. The fourth-order valence-electron chi connectivity index (χ4n) is 7.14. The van der Waals surface area contributed by atoms with E-state index in [0.29, 0.717) is 19.3 Å². The molecule has 6 nitrogen and oxygen atoms in total. The Morgan fingerprint density at radius 1 is 0.313 bits per heavy atom. The average molecular weight is 929 g/mol. The molecule has 0 heterocycles. The van der Waals surface area contributed by atoms with Crippen molar-refractivity contribution in [1.29, 1.82) is 0 Å². The van der Waals surface area contributed by atoms with Gasteiger partial charge in [-0.2, -0.15) is 0 Å². The lowest BCUT2D eigenvalue weighted by Gasteiger charge is -2.18. The first-order valence-electron chi connectivity index (χ1n) is 27.4. The van der Waals surface area contributed by atoms with Gasteiger partial charge in [-0.15, -0.1) is 0 Å².